The number of ether oxygens (including phenoxy) is 4. The number of benzene rings is 3. The number of piperazine rings is 1. The number of piperidine rings is 1. The van der Waals surface area contributed by atoms with Crippen molar-refractivity contribution < 1.29 is 33.3 Å². The molecule has 43 heavy (non-hydrogen) atoms. The Morgan fingerprint density at radius 2 is 1.51 bits per heavy atom. The number of nitrogens with zero attached hydrogens (tertiary/aromatic N) is 2. The number of hydrogen-bond acceptors (Lipinski definition) is 7. The molecule has 2 fully saturated rings. The number of amides is 2. The van der Waals surface area contributed by atoms with Crippen LogP contribution in [0.3, 0.4) is 0 Å². The minimum Gasteiger partial charge on any atom is -0.493 e. The highest BCUT2D eigenvalue weighted by Crippen LogP contribution is 2.39. The molecule has 3 aromatic rings. The van der Waals surface area contributed by atoms with Gasteiger partial charge in [-0.15, -0.1) is 0 Å². The van der Waals surface area contributed by atoms with Crippen LogP contribution in [-0.2, 0) is 20.9 Å². The molecule has 0 aromatic heterocycles. The van der Waals surface area contributed by atoms with Crippen LogP contribution in [-0.4, -0.2) is 73.4 Å². The fourth-order valence-electron chi connectivity index (χ4n) is 6.22. The van der Waals surface area contributed by atoms with Crippen molar-refractivity contribution in [1.82, 2.24) is 9.80 Å². The Balaban J connectivity index is 1.39. The first kappa shape index (κ1) is 30.1. The number of hydrogen-bond donors (Lipinski definition) is 0. The van der Waals surface area contributed by atoms with Crippen molar-refractivity contribution in [3.05, 3.63) is 89.5 Å². The van der Waals surface area contributed by atoms with E-state index in [1.165, 1.54) is 38.4 Å². The maximum absolute atomic E-state index is 14.1. The van der Waals surface area contributed by atoms with Gasteiger partial charge >= 0.3 is 0 Å². The molecule has 0 aliphatic carbocycles. The van der Waals surface area contributed by atoms with Crippen LogP contribution < -0.4 is 14.2 Å². The first-order valence-electron chi connectivity index (χ1n) is 14.6. The molecule has 4 atom stereocenters. The molecule has 226 valence electrons. The SMILES string of the molecule is COc1cc(C(=O)C(=O)N2C3CCCC2C(=O)N([C@@H](C)[C@@H](OCc2ccccc2)c2ccccc2)C3)cc(OC)c1OC. The van der Waals surface area contributed by atoms with Gasteiger partial charge in [0.1, 0.15) is 12.1 Å². The second-order valence-corrected chi connectivity index (χ2v) is 10.9. The van der Waals surface area contributed by atoms with Crippen molar-refractivity contribution in [1.29, 1.82) is 0 Å². The summed E-state index contributed by atoms with van der Waals surface area (Å²) in [6.45, 7) is 2.71. The van der Waals surface area contributed by atoms with Crippen LogP contribution in [0.5, 0.6) is 17.2 Å². The van der Waals surface area contributed by atoms with Crippen molar-refractivity contribution in [2.24, 2.45) is 0 Å². The topological polar surface area (TPSA) is 94.6 Å². The van der Waals surface area contributed by atoms with Gasteiger partial charge in [-0.2, -0.15) is 0 Å². The highest BCUT2D eigenvalue weighted by molar-refractivity contribution is 6.43. The van der Waals surface area contributed by atoms with E-state index in [4.69, 9.17) is 18.9 Å². The third-order valence-corrected chi connectivity index (χ3v) is 8.41. The standard InChI is InChI=1S/C34H38N2O7/c1-22(31(24-14-9-6-10-15-24)43-21-23-12-7-5-8-13-23)35-20-26-16-11-17-27(33(35)38)36(26)34(39)30(37)25-18-28(40-2)32(42-4)29(19-25)41-3/h5-10,12-15,18-19,22,26-27,31H,11,16-17,20-21H2,1-4H3/t22-,26?,27?,31+/m0/s1. The molecular formula is C34H38N2O7. The van der Waals surface area contributed by atoms with Gasteiger partial charge in [-0.05, 0) is 49.4 Å². The zero-order valence-corrected chi connectivity index (χ0v) is 25.0. The molecule has 0 radical (unpaired) electrons. The molecule has 9 heteroatoms. The van der Waals surface area contributed by atoms with E-state index >= 15 is 0 Å². The monoisotopic (exact) mass is 586 g/mol. The lowest BCUT2D eigenvalue weighted by atomic mass is 9.88. The predicted octanol–water partition coefficient (Wildman–Crippen LogP) is 4.83. The third-order valence-electron chi connectivity index (χ3n) is 8.41. The van der Waals surface area contributed by atoms with Crippen molar-refractivity contribution in [3.8, 4) is 17.2 Å². The van der Waals surface area contributed by atoms with Gasteiger partial charge in [-0.1, -0.05) is 60.7 Å². The number of methoxy groups -OCH3 is 3. The van der Waals surface area contributed by atoms with E-state index < -0.39 is 17.7 Å². The van der Waals surface area contributed by atoms with Gasteiger partial charge in [0, 0.05) is 12.1 Å². The van der Waals surface area contributed by atoms with Crippen LogP contribution in [0.15, 0.2) is 72.8 Å². The Morgan fingerprint density at radius 1 is 0.884 bits per heavy atom. The Bertz CT molecular complexity index is 1420. The van der Waals surface area contributed by atoms with Crippen LogP contribution in [0.4, 0.5) is 0 Å². The largest absolute Gasteiger partial charge is 0.493 e. The van der Waals surface area contributed by atoms with Crippen LogP contribution in [0.2, 0.25) is 0 Å². The molecule has 0 N–H and O–H groups in total. The molecule has 5 rings (SSSR count). The molecular weight excluding hydrogens is 548 g/mol. The molecule has 2 aliphatic heterocycles. The fraction of sp³-hybridized carbons (Fsp3) is 0.382. The lowest BCUT2D eigenvalue weighted by Crippen LogP contribution is -2.68. The van der Waals surface area contributed by atoms with Crippen LogP contribution in [0.25, 0.3) is 0 Å². The number of Topliss-reactive ketones (excluding diaryl/α,β-unsaturated/α-hetero) is 1. The number of rotatable bonds is 11. The number of carbonyl (C=O) groups is 3. The summed E-state index contributed by atoms with van der Waals surface area (Å²) in [6.07, 6.45) is 1.61. The smallest absolute Gasteiger partial charge is 0.295 e. The molecule has 2 unspecified atom stereocenters. The average molecular weight is 587 g/mol. The summed E-state index contributed by atoms with van der Waals surface area (Å²) in [5.74, 6) is -0.723. The van der Waals surface area contributed by atoms with Crippen molar-refractivity contribution in [2.45, 2.75) is 57.0 Å². The zero-order chi connectivity index (χ0) is 30.5. The summed E-state index contributed by atoms with van der Waals surface area (Å²) in [4.78, 5) is 44.7. The number of fused-ring (bicyclic) bond motifs is 2. The molecule has 3 aromatic carbocycles. The maximum atomic E-state index is 14.1. The lowest BCUT2D eigenvalue weighted by molar-refractivity contribution is -0.163. The van der Waals surface area contributed by atoms with E-state index in [0.717, 1.165) is 17.5 Å². The van der Waals surface area contributed by atoms with Gasteiger partial charge in [0.2, 0.25) is 11.7 Å². The molecule has 2 bridgehead atoms. The molecule has 2 heterocycles. The summed E-state index contributed by atoms with van der Waals surface area (Å²) in [5, 5.41) is 0. The Kier molecular flexibility index (Phi) is 9.31. The van der Waals surface area contributed by atoms with E-state index in [-0.39, 0.29) is 41.2 Å². The number of ketones is 1. The van der Waals surface area contributed by atoms with Crippen LogP contribution >= 0.6 is 0 Å². The van der Waals surface area contributed by atoms with Gasteiger partial charge in [-0.3, -0.25) is 14.4 Å². The first-order valence-corrected chi connectivity index (χ1v) is 14.6. The van der Waals surface area contributed by atoms with Gasteiger partial charge in [0.25, 0.3) is 11.7 Å². The van der Waals surface area contributed by atoms with Crippen LogP contribution in [0, 0.1) is 0 Å². The van der Waals surface area contributed by atoms with Crippen molar-refractivity contribution >= 4 is 17.6 Å². The van der Waals surface area contributed by atoms with Gasteiger partial charge in [-0.25, -0.2) is 0 Å². The minimum atomic E-state index is -0.723. The summed E-state index contributed by atoms with van der Waals surface area (Å²) in [7, 11) is 4.36. The molecule has 2 aliphatic rings. The first-order chi connectivity index (χ1) is 20.9. The zero-order valence-electron chi connectivity index (χ0n) is 25.0. The van der Waals surface area contributed by atoms with Crippen molar-refractivity contribution in [3.63, 3.8) is 0 Å². The Labute approximate surface area is 252 Å². The lowest BCUT2D eigenvalue weighted by Gasteiger charge is -2.51. The molecule has 0 saturated carbocycles. The molecule has 0 spiro atoms. The summed E-state index contributed by atoms with van der Waals surface area (Å²) >= 11 is 0. The van der Waals surface area contributed by atoms with Crippen molar-refractivity contribution in [2.75, 3.05) is 27.9 Å². The van der Waals surface area contributed by atoms with E-state index in [9.17, 15) is 14.4 Å². The summed E-state index contributed by atoms with van der Waals surface area (Å²) in [5.41, 5.74) is 2.12. The Morgan fingerprint density at radius 3 is 2.12 bits per heavy atom. The molecule has 2 saturated heterocycles. The van der Waals surface area contributed by atoms with E-state index in [2.05, 4.69) is 0 Å². The Hall–Kier alpha value is -4.37. The average Bonchev–Trinajstić information content (AvgIpc) is 3.05. The van der Waals surface area contributed by atoms with E-state index in [1.54, 1.807) is 0 Å². The molecule has 2 amide bonds. The van der Waals surface area contributed by atoms with E-state index in [1.807, 2.05) is 72.5 Å². The number of carbonyl (C=O) groups excluding carboxylic acids is 3. The second kappa shape index (κ2) is 13.3. The predicted molar refractivity (Wildman–Crippen MR) is 160 cm³/mol. The van der Waals surface area contributed by atoms with Crippen LogP contribution in [0.1, 0.15) is 53.8 Å². The summed E-state index contributed by atoms with van der Waals surface area (Å²) in [6, 6.07) is 21.4. The highest BCUT2D eigenvalue weighted by atomic mass is 16.5. The third kappa shape index (κ3) is 6.08. The number of likely N-dealkylation sites (tertiary alicyclic amines) is 1. The van der Waals surface area contributed by atoms with E-state index in [0.29, 0.717) is 31.7 Å². The normalized spacial score (nSPS) is 19.4. The second-order valence-electron chi connectivity index (χ2n) is 10.9. The van der Waals surface area contributed by atoms with Gasteiger partial charge in [0.15, 0.2) is 11.5 Å². The van der Waals surface area contributed by atoms with Gasteiger partial charge < -0.3 is 28.7 Å². The minimum absolute atomic E-state index is 0.110. The van der Waals surface area contributed by atoms with Gasteiger partial charge in [0.05, 0.1) is 40.0 Å². The molecule has 9 nitrogen and oxygen atoms in total. The highest BCUT2D eigenvalue weighted by Gasteiger charge is 2.49. The fourth-order valence-corrected chi connectivity index (χ4v) is 6.22. The summed E-state index contributed by atoms with van der Waals surface area (Å²) < 4.78 is 22.6. The maximum Gasteiger partial charge on any atom is 0.295 e. The quantitative estimate of drug-likeness (QED) is 0.235.